The monoisotopic (exact) mass is 413 g/mol. The summed E-state index contributed by atoms with van der Waals surface area (Å²) in [6.07, 6.45) is 1.69. The Labute approximate surface area is 176 Å². The minimum atomic E-state index is -0.287. The second kappa shape index (κ2) is 9.02. The van der Waals surface area contributed by atoms with Gasteiger partial charge in [-0.1, -0.05) is 0 Å². The van der Waals surface area contributed by atoms with Crippen LogP contribution in [0.2, 0.25) is 0 Å². The molecule has 0 spiro atoms. The van der Waals surface area contributed by atoms with Crippen LogP contribution in [0.15, 0.2) is 36.4 Å². The number of anilines is 2. The minimum Gasteiger partial charge on any atom is -0.491 e. The van der Waals surface area contributed by atoms with Gasteiger partial charge >= 0.3 is 0 Å². The molecule has 2 aliphatic heterocycles. The molecule has 0 saturated carbocycles. The molecule has 1 N–H and O–H groups in total. The third-order valence-electron chi connectivity index (χ3n) is 5.89. The number of methoxy groups -OCH3 is 1. The number of amides is 1. The van der Waals surface area contributed by atoms with Crippen molar-refractivity contribution in [2.75, 3.05) is 56.8 Å². The van der Waals surface area contributed by atoms with E-state index in [1.165, 1.54) is 6.07 Å². The largest absolute Gasteiger partial charge is 0.491 e. The molecule has 6 nitrogen and oxygen atoms in total. The zero-order chi connectivity index (χ0) is 21.1. The molecule has 160 valence electrons. The number of fused-ring (bicyclic) bond motifs is 1. The molecule has 1 amide bonds. The van der Waals surface area contributed by atoms with Crippen LogP contribution in [0.25, 0.3) is 0 Å². The maximum Gasteiger partial charge on any atom is 0.258 e. The third-order valence-corrected chi connectivity index (χ3v) is 5.89. The van der Waals surface area contributed by atoms with E-state index in [0.29, 0.717) is 49.2 Å². The van der Waals surface area contributed by atoms with E-state index in [4.69, 9.17) is 9.47 Å². The molecule has 0 unspecified atom stereocenters. The molecule has 2 heterocycles. The summed E-state index contributed by atoms with van der Waals surface area (Å²) in [5, 5.41) is 3.25. The van der Waals surface area contributed by atoms with E-state index < -0.39 is 0 Å². The number of hydrogen-bond donors (Lipinski definition) is 1. The summed E-state index contributed by atoms with van der Waals surface area (Å²) in [4.78, 5) is 16.8. The molecule has 1 saturated heterocycles. The first kappa shape index (κ1) is 20.6. The van der Waals surface area contributed by atoms with Gasteiger partial charge in [-0.3, -0.25) is 4.79 Å². The summed E-state index contributed by atoms with van der Waals surface area (Å²) in [6, 6.07) is 11.0. The number of rotatable bonds is 7. The molecule has 0 bridgehead atoms. The van der Waals surface area contributed by atoms with Crippen LogP contribution in [-0.4, -0.2) is 59.0 Å². The quantitative estimate of drug-likeness (QED) is 0.708. The molecule has 2 aromatic rings. The second-order valence-electron chi connectivity index (χ2n) is 7.72. The molecule has 1 atom stereocenters. The van der Waals surface area contributed by atoms with Crippen molar-refractivity contribution >= 4 is 17.3 Å². The smallest absolute Gasteiger partial charge is 0.258 e. The zero-order valence-electron chi connectivity index (χ0n) is 17.5. The molecule has 7 heteroatoms. The standard InChI is InChI=1S/C23H28FN3O3/c1-25-17-8-9-26(15-17)22-6-3-18(14-21(22)24)27-10-7-16-13-19(30-12-11-29-2)4-5-20(16)23(27)28/h3-6,13-14,17,25H,7-12,15H2,1-2H3/t17-/m1/s1. The Kier molecular flexibility index (Phi) is 6.20. The fourth-order valence-electron chi connectivity index (χ4n) is 4.18. The average molecular weight is 413 g/mol. The van der Waals surface area contributed by atoms with E-state index >= 15 is 0 Å². The number of carbonyl (C=O) groups excluding carboxylic acids is 1. The van der Waals surface area contributed by atoms with E-state index in [1.807, 2.05) is 19.2 Å². The van der Waals surface area contributed by atoms with E-state index in [-0.39, 0.29) is 11.7 Å². The number of hydrogen-bond acceptors (Lipinski definition) is 5. The number of likely N-dealkylation sites (N-methyl/N-ethyl adjacent to an activating group) is 1. The van der Waals surface area contributed by atoms with Crippen molar-refractivity contribution < 1.29 is 18.7 Å². The maximum absolute atomic E-state index is 14.9. The predicted molar refractivity (Wildman–Crippen MR) is 115 cm³/mol. The molecule has 2 aromatic carbocycles. The van der Waals surface area contributed by atoms with Gasteiger partial charge in [-0.15, -0.1) is 0 Å². The molecule has 4 rings (SSSR count). The van der Waals surface area contributed by atoms with Gasteiger partial charge in [0.1, 0.15) is 18.2 Å². The number of nitrogens with zero attached hydrogens (tertiary/aromatic N) is 2. The van der Waals surface area contributed by atoms with Gasteiger partial charge in [-0.2, -0.15) is 0 Å². The molecule has 0 aromatic heterocycles. The van der Waals surface area contributed by atoms with Crippen LogP contribution in [0.3, 0.4) is 0 Å². The molecule has 2 aliphatic rings. The first-order valence-electron chi connectivity index (χ1n) is 10.4. The van der Waals surface area contributed by atoms with Crippen LogP contribution in [0.1, 0.15) is 22.3 Å². The number of halogens is 1. The van der Waals surface area contributed by atoms with E-state index in [9.17, 15) is 9.18 Å². The molecular weight excluding hydrogens is 385 g/mol. The van der Waals surface area contributed by atoms with Crippen LogP contribution in [0.5, 0.6) is 5.75 Å². The number of ether oxygens (including phenoxy) is 2. The van der Waals surface area contributed by atoms with Crippen LogP contribution in [0, 0.1) is 5.82 Å². The molecular formula is C23H28FN3O3. The SMILES string of the molecule is CN[C@@H]1CCN(c2ccc(N3CCc4cc(OCCOC)ccc4C3=O)cc2F)C1. The Morgan fingerprint density at radius 1 is 1.17 bits per heavy atom. The number of benzene rings is 2. The first-order chi connectivity index (χ1) is 14.6. The highest BCUT2D eigenvalue weighted by Gasteiger charge is 2.28. The van der Waals surface area contributed by atoms with Crippen molar-refractivity contribution in [3.8, 4) is 5.75 Å². The highest BCUT2D eigenvalue weighted by Crippen LogP contribution is 2.31. The lowest BCUT2D eigenvalue weighted by Crippen LogP contribution is -2.37. The van der Waals surface area contributed by atoms with E-state index in [0.717, 1.165) is 30.8 Å². The maximum atomic E-state index is 14.9. The highest BCUT2D eigenvalue weighted by molar-refractivity contribution is 6.08. The zero-order valence-corrected chi connectivity index (χ0v) is 17.5. The second-order valence-corrected chi connectivity index (χ2v) is 7.72. The summed E-state index contributed by atoms with van der Waals surface area (Å²) in [5.41, 5.74) is 2.79. The summed E-state index contributed by atoms with van der Waals surface area (Å²) in [5.74, 6) is 0.334. The van der Waals surface area contributed by atoms with Crippen molar-refractivity contribution in [3.05, 3.63) is 53.3 Å². The Morgan fingerprint density at radius 2 is 2.03 bits per heavy atom. The van der Waals surface area contributed by atoms with Crippen molar-refractivity contribution in [1.82, 2.24) is 5.32 Å². The fourth-order valence-corrected chi connectivity index (χ4v) is 4.18. The van der Waals surface area contributed by atoms with Gasteiger partial charge in [0.2, 0.25) is 0 Å². The van der Waals surface area contributed by atoms with Gasteiger partial charge < -0.3 is 24.6 Å². The molecule has 0 aliphatic carbocycles. The van der Waals surface area contributed by atoms with Gasteiger partial charge in [0.05, 0.1) is 12.3 Å². The summed E-state index contributed by atoms with van der Waals surface area (Å²) < 4.78 is 25.5. The predicted octanol–water partition coefficient (Wildman–Crippen LogP) is 2.85. The van der Waals surface area contributed by atoms with Crippen LogP contribution in [-0.2, 0) is 11.2 Å². The first-order valence-corrected chi connectivity index (χ1v) is 10.4. The number of nitrogens with one attached hydrogen (secondary N) is 1. The van der Waals surface area contributed by atoms with Crippen LogP contribution < -0.4 is 19.9 Å². The van der Waals surface area contributed by atoms with E-state index in [2.05, 4.69) is 10.2 Å². The summed E-state index contributed by atoms with van der Waals surface area (Å²) in [6.45, 7) is 3.10. The van der Waals surface area contributed by atoms with Crippen molar-refractivity contribution in [1.29, 1.82) is 0 Å². The third kappa shape index (κ3) is 4.13. The van der Waals surface area contributed by atoms with Gasteiger partial charge in [0.15, 0.2) is 0 Å². The van der Waals surface area contributed by atoms with Crippen molar-refractivity contribution in [2.45, 2.75) is 18.9 Å². The number of carbonyl (C=O) groups is 1. The van der Waals surface area contributed by atoms with Gasteiger partial charge in [-0.25, -0.2) is 4.39 Å². The Morgan fingerprint density at radius 3 is 2.77 bits per heavy atom. The van der Waals surface area contributed by atoms with Gasteiger partial charge in [-0.05, 0) is 61.9 Å². The lowest BCUT2D eigenvalue weighted by molar-refractivity contribution is 0.0980. The van der Waals surface area contributed by atoms with Gasteiger partial charge in [0, 0.05) is 44.0 Å². The molecule has 0 radical (unpaired) electrons. The molecule has 1 fully saturated rings. The van der Waals surface area contributed by atoms with Crippen LogP contribution in [0.4, 0.5) is 15.8 Å². The topological polar surface area (TPSA) is 54.0 Å². The lowest BCUT2D eigenvalue weighted by Gasteiger charge is -2.29. The fraction of sp³-hybridized carbons (Fsp3) is 0.435. The summed E-state index contributed by atoms with van der Waals surface area (Å²) in [7, 11) is 3.56. The van der Waals surface area contributed by atoms with Crippen LogP contribution >= 0.6 is 0 Å². The average Bonchev–Trinajstić information content (AvgIpc) is 3.23. The van der Waals surface area contributed by atoms with Crippen molar-refractivity contribution in [3.63, 3.8) is 0 Å². The van der Waals surface area contributed by atoms with Gasteiger partial charge in [0.25, 0.3) is 5.91 Å². The van der Waals surface area contributed by atoms with Crippen molar-refractivity contribution in [2.24, 2.45) is 0 Å². The summed E-state index contributed by atoms with van der Waals surface area (Å²) >= 11 is 0. The Balaban J connectivity index is 1.49. The highest BCUT2D eigenvalue weighted by atomic mass is 19.1. The Bertz CT molecular complexity index is 921. The normalized spacial score (nSPS) is 18.6. The van der Waals surface area contributed by atoms with E-state index in [1.54, 1.807) is 30.2 Å². The lowest BCUT2D eigenvalue weighted by atomic mass is 9.98. The molecule has 30 heavy (non-hydrogen) atoms. The minimum absolute atomic E-state index is 0.108. The Hall–Kier alpha value is -2.64.